The fourth-order valence-electron chi connectivity index (χ4n) is 1.66. The zero-order valence-electron chi connectivity index (χ0n) is 6.58. The monoisotopic (exact) mass is 178 g/mol. The maximum Gasteiger partial charge on any atom is 0.0634 e. The molecular formula is C7H15ClN2O. The summed E-state index contributed by atoms with van der Waals surface area (Å²) in [5.41, 5.74) is 0. The van der Waals surface area contributed by atoms with Crippen LogP contribution in [-0.2, 0) is 4.74 Å². The minimum Gasteiger partial charge on any atom is -0.378 e. The summed E-state index contributed by atoms with van der Waals surface area (Å²) in [5, 5.41) is 3.36. The number of morpholine rings is 1. The van der Waals surface area contributed by atoms with Gasteiger partial charge in [0.2, 0.25) is 0 Å². The maximum atomic E-state index is 5.36. The van der Waals surface area contributed by atoms with Crippen LogP contribution in [0.4, 0.5) is 0 Å². The van der Waals surface area contributed by atoms with Crippen molar-refractivity contribution in [3.63, 3.8) is 0 Å². The van der Waals surface area contributed by atoms with Crippen molar-refractivity contribution in [1.29, 1.82) is 0 Å². The predicted octanol–water partition coefficient (Wildman–Crippen LogP) is -0.288. The summed E-state index contributed by atoms with van der Waals surface area (Å²) >= 11 is 0. The third kappa shape index (κ3) is 2.06. The van der Waals surface area contributed by atoms with Crippen LogP contribution in [0, 0.1) is 0 Å². The molecule has 0 spiro atoms. The van der Waals surface area contributed by atoms with Crippen LogP contribution in [0.25, 0.3) is 0 Å². The van der Waals surface area contributed by atoms with Crippen LogP contribution in [0.15, 0.2) is 0 Å². The van der Waals surface area contributed by atoms with E-state index in [0.29, 0.717) is 6.04 Å². The molecule has 0 aliphatic carbocycles. The van der Waals surface area contributed by atoms with Gasteiger partial charge >= 0.3 is 0 Å². The third-order valence-corrected chi connectivity index (χ3v) is 2.31. The molecule has 2 heterocycles. The predicted molar refractivity (Wildman–Crippen MR) is 46.3 cm³/mol. The first-order chi connectivity index (χ1) is 4.97. The highest BCUT2D eigenvalue weighted by atomic mass is 35.5. The molecular weight excluding hydrogens is 164 g/mol. The van der Waals surface area contributed by atoms with E-state index in [9.17, 15) is 0 Å². The summed E-state index contributed by atoms with van der Waals surface area (Å²) in [7, 11) is 0. The van der Waals surface area contributed by atoms with Gasteiger partial charge in [0.1, 0.15) is 0 Å². The first-order valence-corrected chi connectivity index (χ1v) is 3.99. The zero-order valence-corrected chi connectivity index (χ0v) is 7.40. The summed E-state index contributed by atoms with van der Waals surface area (Å²) in [6.07, 6.45) is 0. The Bertz CT molecular complexity index is 97.0. The smallest absolute Gasteiger partial charge is 0.0634 e. The van der Waals surface area contributed by atoms with Crippen molar-refractivity contribution in [3.8, 4) is 0 Å². The highest BCUT2D eigenvalue weighted by Gasteiger charge is 2.24. The maximum absolute atomic E-state index is 5.36. The largest absolute Gasteiger partial charge is 0.378 e. The van der Waals surface area contributed by atoms with Crippen molar-refractivity contribution in [3.05, 3.63) is 0 Å². The van der Waals surface area contributed by atoms with Crippen molar-refractivity contribution in [2.45, 2.75) is 6.04 Å². The lowest BCUT2D eigenvalue weighted by atomic mass is 10.2. The number of nitrogens with one attached hydrogen (secondary N) is 1. The average molecular weight is 179 g/mol. The van der Waals surface area contributed by atoms with Gasteiger partial charge in [-0.25, -0.2) is 0 Å². The Hall–Kier alpha value is 0.170. The van der Waals surface area contributed by atoms with E-state index in [2.05, 4.69) is 10.2 Å². The number of piperazine rings is 1. The Kier molecular flexibility index (Phi) is 3.59. The summed E-state index contributed by atoms with van der Waals surface area (Å²) in [6.45, 7) is 6.44. The lowest BCUT2D eigenvalue weighted by Gasteiger charge is -2.39. The van der Waals surface area contributed by atoms with Gasteiger partial charge in [0.05, 0.1) is 13.2 Å². The van der Waals surface area contributed by atoms with E-state index in [0.717, 1.165) is 32.8 Å². The first-order valence-electron chi connectivity index (χ1n) is 3.99. The standard InChI is InChI=1S/C7H14N2O.ClH/c1-2-9-3-4-10-6-7(9)5-8-1;/h7-8H,1-6H2;1H/t7-;/m1./s1. The van der Waals surface area contributed by atoms with Gasteiger partial charge in [-0.1, -0.05) is 0 Å². The molecule has 2 saturated heterocycles. The molecule has 0 radical (unpaired) electrons. The molecule has 66 valence electrons. The van der Waals surface area contributed by atoms with E-state index >= 15 is 0 Å². The van der Waals surface area contributed by atoms with E-state index in [1.165, 1.54) is 6.54 Å². The second-order valence-corrected chi connectivity index (χ2v) is 2.97. The Labute approximate surface area is 73.5 Å². The Morgan fingerprint density at radius 3 is 3.09 bits per heavy atom. The molecule has 1 N–H and O–H groups in total. The van der Waals surface area contributed by atoms with E-state index in [4.69, 9.17) is 4.74 Å². The number of hydrogen-bond acceptors (Lipinski definition) is 3. The van der Waals surface area contributed by atoms with E-state index in [1.54, 1.807) is 0 Å². The van der Waals surface area contributed by atoms with Crippen LogP contribution in [0.3, 0.4) is 0 Å². The van der Waals surface area contributed by atoms with Crippen molar-refractivity contribution in [2.75, 3.05) is 39.4 Å². The number of rotatable bonds is 0. The van der Waals surface area contributed by atoms with Crippen molar-refractivity contribution in [1.82, 2.24) is 10.2 Å². The average Bonchev–Trinajstić information content (AvgIpc) is 2.05. The molecule has 0 aromatic heterocycles. The second kappa shape index (κ2) is 4.26. The summed E-state index contributed by atoms with van der Waals surface area (Å²) < 4.78 is 5.36. The SMILES string of the molecule is C1CN2CCOC[C@H]2CN1.Cl. The number of hydrogen-bond donors (Lipinski definition) is 1. The fourth-order valence-corrected chi connectivity index (χ4v) is 1.66. The van der Waals surface area contributed by atoms with Gasteiger partial charge in [-0.05, 0) is 0 Å². The Morgan fingerprint density at radius 2 is 2.27 bits per heavy atom. The van der Waals surface area contributed by atoms with Crippen molar-refractivity contribution in [2.24, 2.45) is 0 Å². The fraction of sp³-hybridized carbons (Fsp3) is 1.00. The van der Waals surface area contributed by atoms with Crippen molar-refractivity contribution < 1.29 is 4.74 Å². The molecule has 11 heavy (non-hydrogen) atoms. The molecule has 1 atom stereocenters. The Morgan fingerprint density at radius 1 is 1.36 bits per heavy atom. The van der Waals surface area contributed by atoms with E-state index in [1.807, 2.05) is 0 Å². The van der Waals surface area contributed by atoms with E-state index < -0.39 is 0 Å². The molecule has 0 unspecified atom stereocenters. The van der Waals surface area contributed by atoms with Crippen LogP contribution in [0.5, 0.6) is 0 Å². The van der Waals surface area contributed by atoms with Gasteiger partial charge in [-0.15, -0.1) is 12.4 Å². The number of nitrogens with zero attached hydrogens (tertiary/aromatic N) is 1. The minimum atomic E-state index is 0. The molecule has 2 fully saturated rings. The van der Waals surface area contributed by atoms with Crippen LogP contribution in [-0.4, -0.2) is 50.3 Å². The third-order valence-electron chi connectivity index (χ3n) is 2.31. The molecule has 4 heteroatoms. The second-order valence-electron chi connectivity index (χ2n) is 2.97. The molecule has 3 nitrogen and oxygen atoms in total. The first kappa shape index (κ1) is 9.26. The minimum absolute atomic E-state index is 0. The van der Waals surface area contributed by atoms with Crippen LogP contribution < -0.4 is 5.32 Å². The number of halogens is 1. The molecule has 2 aliphatic heterocycles. The molecule has 0 aromatic carbocycles. The van der Waals surface area contributed by atoms with Crippen LogP contribution >= 0.6 is 12.4 Å². The topological polar surface area (TPSA) is 24.5 Å². The van der Waals surface area contributed by atoms with Gasteiger partial charge < -0.3 is 10.1 Å². The molecule has 2 rings (SSSR count). The molecule has 0 aromatic rings. The zero-order chi connectivity index (χ0) is 6.81. The lowest BCUT2D eigenvalue weighted by molar-refractivity contribution is -0.0168. The van der Waals surface area contributed by atoms with Gasteiger partial charge in [0.25, 0.3) is 0 Å². The number of ether oxygens (including phenoxy) is 1. The van der Waals surface area contributed by atoms with Crippen molar-refractivity contribution >= 4 is 12.4 Å². The number of fused-ring (bicyclic) bond motifs is 1. The van der Waals surface area contributed by atoms with Gasteiger partial charge in [-0.2, -0.15) is 0 Å². The van der Waals surface area contributed by atoms with Gasteiger partial charge in [-0.3, -0.25) is 4.90 Å². The Balaban J connectivity index is 0.000000605. The van der Waals surface area contributed by atoms with Crippen LogP contribution in [0.2, 0.25) is 0 Å². The summed E-state index contributed by atoms with van der Waals surface area (Å²) in [6, 6.07) is 0.655. The molecule has 0 amide bonds. The molecule has 0 bridgehead atoms. The lowest BCUT2D eigenvalue weighted by Crippen LogP contribution is -2.56. The summed E-state index contributed by atoms with van der Waals surface area (Å²) in [5.74, 6) is 0. The van der Waals surface area contributed by atoms with E-state index in [-0.39, 0.29) is 12.4 Å². The van der Waals surface area contributed by atoms with Crippen LogP contribution in [0.1, 0.15) is 0 Å². The highest BCUT2D eigenvalue weighted by molar-refractivity contribution is 5.85. The molecule has 2 aliphatic rings. The molecule has 0 saturated carbocycles. The summed E-state index contributed by atoms with van der Waals surface area (Å²) in [4.78, 5) is 2.51. The highest BCUT2D eigenvalue weighted by Crippen LogP contribution is 2.07. The normalized spacial score (nSPS) is 32.2. The quantitative estimate of drug-likeness (QED) is 0.552. The van der Waals surface area contributed by atoms with Gasteiger partial charge in [0, 0.05) is 32.2 Å². The van der Waals surface area contributed by atoms with Gasteiger partial charge in [0.15, 0.2) is 0 Å².